The molecule has 0 aliphatic rings. The number of rotatable bonds is 6. The molecule has 0 aliphatic heterocycles. The second-order valence-electron chi connectivity index (χ2n) is 5.76. The molecule has 0 saturated heterocycles. The molecule has 8 heteroatoms. The molecule has 0 spiro atoms. The van der Waals surface area contributed by atoms with Gasteiger partial charge >= 0.3 is 5.97 Å². The quantitative estimate of drug-likeness (QED) is 0.423. The van der Waals surface area contributed by atoms with Crippen LogP contribution in [0.2, 0.25) is 0 Å². The molecule has 0 unspecified atom stereocenters. The van der Waals surface area contributed by atoms with Crippen LogP contribution in [0.4, 0.5) is 0 Å². The first kappa shape index (κ1) is 17.4. The molecule has 0 bridgehead atoms. The molecular weight excluding hydrogens is 414 g/mol. The number of aryl methyl sites for hydroxylation is 1. The average molecular weight is 428 g/mol. The highest BCUT2D eigenvalue weighted by Crippen LogP contribution is 2.20. The van der Waals surface area contributed by atoms with Gasteiger partial charge < -0.3 is 13.7 Å². The van der Waals surface area contributed by atoms with E-state index in [-0.39, 0.29) is 24.9 Å². The van der Waals surface area contributed by atoms with E-state index >= 15 is 0 Å². The first-order valence-electron chi connectivity index (χ1n) is 8.26. The normalized spacial score (nSPS) is 11.0. The van der Waals surface area contributed by atoms with Crippen molar-refractivity contribution in [1.82, 2.24) is 15.1 Å². The fraction of sp³-hybridized carbons (Fsp3) is 0.158. The van der Waals surface area contributed by atoms with Gasteiger partial charge in [-0.05, 0) is 24.3 Å². The summed E-state index contributed by atoms with van der Waals surface area (Å²) in [6, 6.07) is 15.0. The number of esters is 1. The molecule has 0 atom stereocenters. The number of carbonyl (C=O) groups excluding carboxylic acids is 1. The van der Waals surface area contributed by atoms with Crippen LogP contribution in [0, 0.1) is 0 Å². The highest BCUT2D eigenvalue weighted by atomic mass is 79.9. The molecule has 2 aromatic heterocycles. The number of aromatic nitrogens is 3. The number of hydrogen-bond donors (Lipinski definition) is 0. The zero-order chi connectivity index (χ0) is 18.6. The Labute approximate surface area is 162 Å². The minimum atomic E-state index is -0.389. The van der Waals surface area contributed by atoms with Crippen molar-refractivity contribution in [2.24, 2.45) is 0 Å². The van der Waals surface area contributed by atoms with Gasteiger partial charge in [-0.1, -0.05) is 45.4 Å². The molecule has 4 rings (SSSR count). The van der Waals surface area contributed by atoms with E-state index in [2.05, 4.69) is 31.1 Å². The minimum Gasteiger partial charge on any atom is -0.456 e. The van der Waals surface area contributed by atoms with Crippen molar-refractivity contribution in [3.05, 3.63) is 64.8 Å². The zero-order valence-electron chi connectivity index (χ0n) is 14.1. The summed E-state index contributed by atoms with van der Waals surface area (Å²) in [7, 11) is 0. The van der Waals surface area contributed by atoms with E-state index in [1.54, 1.807) is 0 Å². The van der Waals surface area contributed by atoms with Crippen LogP contribution < -0.4 is 0 Å². The van der Waals surface area contributed by atoms with Crippen LogP contribution >= 0.6 is 15.9 Å². The summed E-state index contributed by atoms with van der Waals surface area (Å²) in [6.45, 7) is -0.0760. The number of ether oxygens (including phenoxy) is 1. The molecule has 0 radical (unpaired) electrons. The number of carbonyl (C=O) groups is 1. The van der Waals surface area contributed by atoms with E-state index in [0.717, 1.165) is 15.6 Å². The highest BCUT2D eigenvalue weighted by molar-refractivity contribution is 9.10. The second kappa shape index (κ2) is 7.71. The van der Waals surface area contributed by atoms with Crippen molar-refractivity contribution in [3.8, 4) is 11.4 Å². The van der Waals surface area contributed by atoms with Crippen LogP contribution in [0.3, 0.4) is 0 Å². The van der Waals surface area contributed by atoms with Crippen LogP contribution in [0.1, 0.15) is 18.2 Å². The summed E-state index contributed by atoms with van der Waals surface area (Å²) in [5.74, 6) is 0.788. The van der Waals surface area contributed by atoms with Crippen LogP contribution in [0.25, 0.3) is 22.5 Å². The van der Waals surface area contributed by atoms with E-state index in [1.165, 1.54) is 0 Å². The summed E-state index contributed by atoms with van der Waals surface area (Å²) in [6.07, 6.45) is 0.514. The van der Waals surface area contributed by atoms with Crippen molar-refractivity contribution in [2.45, 2.75) is 19.4 Å². The Morgan fingerprint density at radius 1 is 1.07 bits per heavy atom. The summed E-state index contributed by atoms with van der Waals surface area (Å²) in [5.41, 5.74) is 2.28. The Morgan fingerprint density at radius 2 is 1.96 bits per heavy atom. The molecule has 0 amide bonds. The average Bonchev–Trinajstić information content (AvgIpc) is 3.31. The first-order chi connectivity index (χ1) is 13.2. The Kier molecular flexibility index (Phi) is 4.97. The van der Waals surface area contributed by atoms with Gasteiger partial charge in [0, 0.05) is 16.5 Å². The van der Waals surface area contributed by atoms with Gasteiger partial charge in [0.2, 0.25) is 5.82 Å². The van der Waals surface area contributed by atoms with Crippen molar-refractivity contribution >= 4 is 33.0 Å². The van der Waals surface area contributed by atoms with Crippen LogP contribution in [-0.2, 0) is 22.6 Å². The third-order valence-corrected chi connectivity index (χ3v) is 4.28. The maximum absolute atomic E-state index is 11.9. The zero-order valence-corrected chi connectivity index (χ0v) is 15.7. The molecule has 0 saturated carbocycles. The van der Waals surface area contributed by atoms with E-state index in [1.807, 2.05) is 48.5 Å². The van der Waals surface area contributed by atoms with Crippen LogP contribution in [0.5, 0.6) is 0 Å². The van der Waals surface area contributed by atoms with E-state index < -0.39 is 0 Å². The van der Waals surface area contributed by atoms with Gasteiger partial charge in [0.15, 0.2) is 18.1 Å². The molecule has 0 aliphatic carbocycles. The fourth-order valence-corrected chi connectivity index (χ4v) is 2.91. The molecule has 136 valence electrons. The Hall–Kier alpha value is -3.00. The predicted molar refractivity (Wildman–Crippen MR) is 99.6 cm³/mol. The van der Waals surface area contributed by atoms with Gasteiger partial charge in [-0.2, -0.15) is 4.98 Å². The topological polar surface area (TPSA) is 91.2 Å². The summed E-state index contributed by atoms with van der Waals surface area (Å²) in [5, 5.41) is 3.90. The van der Waals surface area contributed by atoms with Crippen molar-refractivity contribution in [3.63, 3.8) is 0 Å². The third kappa shape index (κ3) is 4.22. The van der Waals surface area contributed by atoms with E-state index in [9.17, 15) is 4.79 Å². The maximum Gasteiger partial charge on any atom is 0.306 e. The number of benzene rings is 2. The van der Waals surface area contributed by atoms with Gasteiger partial charge in [0.05, 0.1) is 6.42 Å². The standard InChI is InChI=1S/C19H14BrN3O4/c20-13-5-3-4-12(10-13)19-22-17(27-23-19)11-25-18(24)9-8-16-21-14-6-1-2-7-15(14)26-16/h1-7,10H,8-9,11H2. The highest BCUT2D eigenvalue weighted by Gasteiger charge is 2.13. The smallest absolute Gasteiger partial charge is 0.306 e. The third-order valence-electron chi connectivity index (χ3n) is 3.79. The van der Waals surface area contributed by atoms with Gasteiger partial charge in [-0.3, -0.25) is 4.79 Å². The minimum absolute atomic E-state index is 0.0760. The monoisotopic (exact) mass is 427 g/mol. The lowest BCUT2D eigenvalue weighted by Gasteiger charge is -1.99. The number of hydrogen-bond acceptors (Lipinski definition) is 7. The Balaban J connectivity index is 1.30. The Bertz CT molecular complexity index is 1060. The predicted octanol–water partition coefficient (Wildman–Crippen LogP) is 4.32. The number of para-hydroxylation sites is 2. The molecule has 0 N–H and O–H groups in total. The van der Waals surface area contributed by atoms with Crippen molar-refractivity contribution in [2.75, 3.05) is 0 Å². The van der Waals surface area contributed by atoms with Gasteiger partial charge in [0.1, 0.15) is 5.52 Å². The largest absolute Gasteiger partial charge is 0.456 e. The first-order valence-corrected chi connectivity index (χ1v) is 9.05. The maximum atomic E-state index is 11.9. The van der Waals surface area contributed by atoms with Gasteiger partial charge in [-0.25, -0.2) is 4.98 Å². The van der Waals surface area contributed by atoms with Crippen molar-refractivity contribution < 1.29 is 18.5 Å². The summed E-state index contributed by atoms with van der Waals surface area (Å²) in [4.78, 5) is 20.5. The molecule has 0 fully saturated rings. The molecular formula is C19H14BrN3O4. The molecule has 2 heterocycles. The number of halogens is 1. The van der Waals surface area contributed by atoms with Crippen LogP contribution in [0.15, 0.2) is 61.9 Å². The molecule has 27 heavy (non-hydrogen) atoms. The lowest BCUT2D eigenvalue weighted by molar-refractivity contribution is -0.145. The van der Waals surface area contributed by atoms with E-state index in [0.29, 0.717) is 23.7 Å². The fourth-order valence-electron chi connectivity index (χ4n) is 2.51. The number of oxazole rings is 1. The van der Waals surface area contributed by atoms with Gasteiger partial charge in [0.25, 0.3) is 5.89 Å². The molecule has 4 aromatic rings. The lowest BCUT2D eigenvalue weighted by Crippen LogP contribution is -2.06. The summed E-state index contributed by atoms with van der Waals surface area (Å²) < 4.78 is 16.8. The second-order valence-corrected chi connectivity index (χ2v) is 6.67. The summed E-state index contributed by atoms with van der Waals surface area (Å²) >= 11 is 3.40. The molecule has 2 aromatic carbocycles. The van der Waals surface area contributed by atoms with Crippen LogP contribution in [-0.4, -0.2) is 21.1 Å². The lowest BCUT2D eigenvalue weighted by atomic mass is 10.2. The molecule has 7 nitrogen and oxygen atoms in total. The SMILES string of the molecule is O=C(CCc1nc2ccccc2o1)OCc1nc(-c2cccc(Br)c2)no1. The van der Waals surface area contributed by atoms with E-state index in [4.69, 9.17) is 13.7 Å². The van der Waals surface area contributed by atoms with Crippen molar-refractivity contribution in [1.29, 1.82) is 0 Å². The number of fused-ring (bicyclic) bond motifs is 1. The van der Waals surface area contributed by atoms with Gasteiger partial charge in [-0.15, -0.1) is 0 Å². The number of nitrogens with zero attached hydrogens (tertiary/aromatic N) is 3. The Morgan fingerprint density at radius 3 is 2.81 bits per heavy atom.